The number of nitrogens with one attached hydrogen (secondary N) is 2. The molecule has 0 spiro atoms. The fourth-order valence-corrected chi connectivity index (χ4v) is 5.10. The van der Waals surface area contributed by atoms with Gasteiger partial charge in [0.05, 0.1) is 0 Å². The van der Waals surface area contributed by atoms with Gasteiger partial charge in [-0.15, -0.1) is 6.58 Å². The van der Waals surface area contributed by atoms with Crippen molar-refractivity contribution in [2.75, 3.05) is 6.54 Å². The molecule has 2 N–H and O–H groups in total. The molecule has 1 aliphatic rings. The van der Waals surface area contributed by atoms with Crippen LogP contribution in [0.2, 0.25) is 0 Å². The maximum atomic E-state index is 14.3. The average molecular weight is 548 g/mol. The van der Waals surface area contributed by atoms with Crippen molar-refractivity contribution in [3.63, 3.8) is 0 Å². The molecule has 216 valence electrons. The normalized spacial score (nSPS) is 15.4. The van der Waals surface area contributed by atoms with Crippen molar-refractivity contribution in [1.29, 1.82) is 0 Å². The van der Waals surface area contributed by atoms with Crippen LogP contribution in [-0.2, 0) is 27.2 Å². The van der Waals surface area contributed by atoms with Gasteiger partial charge in [0, 0.05) is 19.0 Å². The predicted octanol–water partition coefficient (Wildman–Crippen LogP) is 5.89. The van der Waals surface area contributed by atoms with Crippen LogP contribution >= 0.6 is 0 Å². The van der Waals surface area contributed by atoms with Gasteiger partial charge in [0.2, 0.25) is 11.8 Å². The molecule has 3 amide bonds. The van der Waals surface area contributed by atoms with Gasteiger partial charge in [-0.25, -0.2) is 4.79 Å². The number of hydrogen-bond donors (Lipinski definition) is 2. The van der Waals surface area contributed by atoms with Crippen LogP contribution in [0.25, 0.3) is 0 Å². The minimum atomic E-state index is -0.947. The molecule has 0 radical (unpaired) electrons. The lowest BCUT2D eigenvalue weighted by Gasteiger charge is -2.35. The van der Waals surface area contributed by atoms with Crippen LogP contribution < -0.4 is 10.6 Å². The quantitative estimate of drug-likeness (QED) is 0.344. The Morgan fingerprint density at radius 1 is 1.00 bits per heavy atom. The molecule has 7 nitrogen and oxygen atoms in total. The number of rotatable bonds is 11. The molecule has 1 aliphatic carbocycles. The van der Waals surface area contributed by atoms with Crippen molar-refractivity contribution < 1.29 is 19.1 Å². The van der Waals surface area contributed by atoms with Crippen LogP contribution in [0.5, 0.6) is 0 Å². The van der Waals surface area contributed by atoms with E-state index in [0.29, 0.717) is 0 Å². The van der Waals surface area contributed by atoms with Crippen LogP contribution in [0.3, 0.4) is 0 Å². The number of ether oxygens (including phenoxy) is 1. The second-order valence-electron chi connectivity index (χ2n) is 11.5. The molecule has 0 aliphatic heterocycles. The molecule has 40 heavy (non-hydrogen) atoms. The Balaban J connectivity index is 1.98. The fraction of sp³-hybridized carbons (Fsp3) is 0.485. The topological polar surface area (TPSA) is 87.7 Å². The SMILES string of the molecule is C=CCN(C(=O)C(Cc1ccccc1)NC(=O)OC(C)(C)C)C(C(=O)NC1CCCCC1)c1ccc(CC)cc1. The van der Waals surface area contributed by atoms with Gasteiger partial charge < -0.3 is 20.3 Å². The van der Waals surface area contributed by atoms with Gasteiger partial charge in [-0.3, -0.25) is 9.59 Å². The van der Waals surface area contributed by atoms with E-state index < -0.39 is 23.8 Å². The summed E-state index contributed by atoms with van der Waals surface area (Å²) in [6.07, 6.45) is 7.24. The largest absolute Gasteiger partial charge is 0.444 e. The van der Waals surface area contributed by atoms with Gasteiger partial charge in [0.1, 0.15) is 17.7 Å². The number of amides is 3. The first-order valence-corrected chi connectivity index (χ1v) is 14.4. The monoisotopic (exact) mass is 547 g/mol. The molecule has 2 atom stereocenters. The Bertz CT molecular complexity index is 1120. The van der Waals surface area contributed by atoms with Crippen molar-refractivity contribution in [3.05, 3.63) is 83.9 Å². The standard InChI is InChI=1S/C33H45N3O4/c1-6-22-36(31(38)28(23-25-14-10-8-11-15-25)35-32(39)40-33(3,4)5)29(26-20-18-24(7-2)19-21-26)30(37)34-27-16-12-9-13-17-27/h6,8,10-11,14-15,18-21,27-29H,1,7,9,12-13,16-17,22-23H2,2-5H3,(H,34,37)(H,35,39). The number of hydrogen-bond acceptors (Lipinski definition) is 4. The van der Waals surface area contributed by atoms with E-state index in [1.165, 1.54) is 11.3 Å². The molecule has 3 rings (SSSR count). The lowest BCUT2D eigenvalue weighted by atomic mass is 9.94. The van der Waals surface area contributed by atoms with Crippen molar-refractivity contribution in [2.24, 2.45) is 0 Å². The van der Waals surface area contributed by atoms with Crippen LogP contribution in [0.15, 0.2) is 67.3 Å². The smallest absolute Gasteiger partial charge is 0.408 e. The number of benzene rings is 2. The molecule has 0 saturated heterocycles. The molecular weight excluding hydrogens is 502 g/mol. The van der Waals surface area contributed by atoms with E-state index in [2.05, 4.69) is 24.1 Å². The fourth-order valence-electron chi connectivity index (χ4n) is 5.10. The number of nitrogens with zero attached hydrogens (tertiary/aromatic N) is 1. The first-order valence-electron chi connectivity index (χ1n) is 14.4. The van der Waals surface area contributed by atoms with E-state index in [1.54, 1.807) is 26.8 Å². The second-order valence-corrected chi connectivity index (χ2v) is 11.5. The molecule has 0 aromatic heterocycles. The summed E-state index contributed by atoms with van der Waals surface area (Å²) in [6, 6.07) is 15.6. The Kier molecular flexibility index (Phi) is 11.4. The third kappa shape index (κ3) is 9.25. The average Bonchev–Trinajstić information content (AvgIpc) is 2.92. The number of carbonyl (C=O) groups is 3. The zero-order chi connectivity index (χ0) is 29.1. The van der Waals surface area contributed by atoms with Gasteiger partial charge in [-0.2, -0.15) is 0 Å². The highest BCUT2D eigenvalue weighted by Gasteiger charge is 2.36. The van der Waals surface area contributed by atoms with Crippen LogP contribution in [0.1, 0.15) is 82.5 Å². The van der Waals surface area contributed by atoms with Crippen LogP contribution in [0.4, 0.5) is 4.79 Å². The first-order chi connectivity index (χ1) is 19.1. The Morgan fingerprint density at radius 2 is 1.65 bits per heavy atom. The zero-order valence-electron chi connectivity index (χ0n) is 24.4. The first kappa shape index (κ1) is 30.9. The molecule has 2 aromatic rings. The highest BCUT2D eigenvalue weighted by Crippen LogP contribution is 2.26. The molecule has 1 saturated carbocycles. The second kappa shape index (κ2) is 14.7. The van der Waals surface area contributed by atoms with Crippen molar-refractivity contribution in [2.45, 2.75) is 96.4 Å². The highest BCUT2D eigenvalue weighted by molar-refractivity contribution is 5.92. The van der Waals surface area contributed by atoms with E-state index in [9.17, 15) is 14.4 Å². The maximum Gasteiger partial charge on any atom is 0.408 e. The molecule has 1 fully saturated rings. The van der Waals surface area contributed by atoms with Crippen LogP contribution in [0, 0.1) is 0 Å². The van der Waals surface area contributed by atoms with E-state index in [4.69, 9.17) is 4.74 Å². The number of carbonyl (C=O) groups excluding carboxylic acids is 3. The van der Waals surface area contributed by atoms with Gasteiger partial charge in [0.25, 0.3) is 0 Å². The maximum absolute atomic E-state index is 14.3. The van der Waals surface area contributed by atoms with Crippen molar-refractivity contribution in [1.82, 2.24) is 15.5 Å². The third-order valence-corrected chi connectivity index (χ3v) is 7.10. The summed E-state index contributed by atoms with van der Waals surface area (Å²) in [5, 5.41) is 6.01. The summed E-state index contributed by atoms with van der Waals surface area (Å²) in [6.45, 7) is 11.4. The molecule has 0 heterocycles. The Hall–Kier alpha value is -3.61. The molecule has 0 bridgehead atoms. The van der Waals surface area contributed by atoms with Gasteiger partial charge in [0.15, 0.2) is 0 Å². The summed E-state index contributed by atoms with van der Waals surface area (Å²) in [5.74, 6) is -0.597. The van der Waals surface area contributed by atoms with E-state index in [-0.39, 0.29) is 30.8 Å². The summed E-state index contributed by atoms with van der Waals surface area (Å²) >= 11 is 0. The summed E-state index contributed by atoms with van der Waals surface area (Å²) < 4.78 is 5.49. The van der Waals surface area contributed by atoms with E-state index in [1.807, 2.05) is 54.6 Å². The lowest BCUT2D eigenvalue weighted by Crippen LogP contribution is -2.54. The van der Waals surface area contributed by atoms with E-state index in [0.717, 1.165) is 48.8 Å². The van der Waals surface area contributed by atoms with Crippen molar-refractivity contribution in [3.8, 4) is 0 Å². The minimum Gasteiger partial charge on any atom is -0.444 e. The predicted molar refractivity (Wildman–Crippen MR) is 159 cm³/mol. The molecule has 7 heteroatoms. The summed E-state index contributed by atoms with van der Waals surface area (Å²) in [7, 11) is 0. The van der Waals surface area contributed by atoms with Gasteiger partial charge >= 0.3 is 6.09 Å². The number of aryl methyl sites for hydroxylation is 1. The Morgan fingerprint density at radius 3 is 2.23 bits per heavy atom. The molecule has 2 unspecified atom stereocenters. The molecule has 2 aromatic carbocycles. The molecular formula is C33H45N3O4. The van der Waals surface area contributed by atoms with Crippen molar-refractivity contribution >= 4 is 17.9 Å². The third-order valence-electron chi connectivity index (χ3n) is 7.10. The summed E-state index contributed by atoms with van der Waals surface area (Å²) in [4.78, 5) is 42.6. The van der Waals surface area contributed by atoms with Gasteiger partial charge in [-0.1, -0.05) is 86.9 Å². The van der Waals surface area contributed by atoms with E-state index >= 15 is 0 Å². The summed E-state index contributed by atoms with van der Waals surface area (Å²) in [5.41, 5.74) is 2.02. The Labute approximate surface area is 239 Å². The lowest BCUT2D eigenvalue weighted by molar-refractivity contribution is -0.142. The highest BCUT2D eigenvalue weighted by atomic mass is 16.6. The van der Waals surface area contributed by atoms with Crippen LogP contribution in [-0.4, -0.2) is 47.0 Å². The zero-order valence-corrected chi connectivity index (χ0v) is 24.4. The minimum absolute atomic E-state index is 0.0827. The van der Waals surface area contributed by atoms with Gasteiger partial charge in [-0.05, 0) is 56.7 Å². The number of alkyl carbamates (subject to hydrolysis) is 1.